The number of carbonyl (C=O) groups is 1. The lowest BCUT2D eigenvalue weighted by Crippen LogP contribution is -2.34. The molecule has 1 saturated heterocycles. The van der Waals surface area contributed by atoms with E-state index in [1.54, 1.807) is 0 Å². The van der Waals surface area contributed by atoms with Gasteiger partial charge in [-0.25, -0.2) is 0 Å². The molecule has 1 aromatic rings. The van der Waals surface area contributed by atoms with Crippen molar-refractivity contribution in [1.82, 2.24) is 10.2 Å². The smallest absolute Gasteiger partial charge is 0.273 e. The Kier molecular flexibility index (Phi) is 5.44. The molecule has 0 unspecified atom stereocenters. The molecule has 152 valence electrons. The highest BCUT2D eigenvalue weighted by molar-refractivity contribution is 6.04. The van der Waals surface area contributed by atoms with Gasteiger partial charge in [-0.05, 0) is 51.5 Å². The Balaban J connectivity index is 1.43. The second-order valence-electron chi connectivity index (χ2n) is 8.41. The fourth-order valence-electron chi connectivity index (χ4n) is 4.16. The van der Waals surface area contributed by atoms with E-state index in [1.165, 1.54) is 31.2 Å². The van der Waals surface area contributed by atoms with Gasteiger partial charge in [0.15, 0.2) is 0 Å². The van der Waals surface area contributed by atoms with Crippen LogP contribution in [0.25, 0.3) is 0 Å². The molecule has 0 aromatic heterocycles. The van der Waals surface area contributed by atoms with Crippen LogP contribution in [-0.4, -0.2) is 29.6 Å². The Hall–Kier alpha value is -2.62. The Bertz CT molecular complexity index is 886. The summed E-state index contributed by atoms with van der Waals surface area (Å²) in [7, 11) is 0. The van der Waals surface area contributed by atoms with Crippen molar-refractivity contribution in [2.24, 2.45) is 16.3 Å². The zero-order valence-corrected chi connectivity index (χ0v) is 17.6. The van der Waals surface area contributed by atoms with E-state index in [0.29, 0.717) is 18.2 Å². The lowest BCUT2D eigenvalue weighted by molar-refractivity contribution is -0.125. The Morgan fingerprint density at radius 2 is 1.93 bits per heavy atom. The largest absolute Gasteiger partial charge is 0.375 e. The average molecular weight is 390 g/mol. The van der Waals surface area contributed by atoms with Crippen LogP contribution in [0.2, 0.25) is 0 Å². The van der Waals surface area contributed by atoms with Crippen molar-refractivity contribution in [2.45, 2.75) is 46.0 Å². The molecule has 0 radical (unpaired) electrons. The lowest BCUT2D eigenvalue weighted by Gasteiger charge is -2.21. The maximum absolute atomic E-state index is 13.0. The summed E-state index contributed by atoms with van der Waals surface area (Å²) in [4.78, 5) is 19.9. The first-order chi connectivity index (χ1) is 14.1. The fraction of sp³-hybridized carbons (Fsp3) is 0.440. The minimum atomic E-state index is 0.0335. The molecule has 4 rings (SSSR count). The highest BCUT2D eigenvalue weighted by atomic mass is 16.2. The van der Waals surface area contributed by atoms with Crippen LogP contribution in [0.1, 0.15) is 51.5 Å². The number of hydrogen-bond donors (Lipinski definition) is 1. The summed E-state index contributed by atoms with van der Waals surface area (Å²) in [6, 6.07) is 10.4. The molecule has 1 N–H and O–H groups in total. The van der Waals surface area contributed by atoms with Crippen molar-refractivity contribution in [2.75, 3.05) is 13.1 Å². The summed E-state index contributed by atoms with van der Waals surface area (Å²) in [5.74, 6) is 0.587. The number of aliphatic imine (C=N–C) groups is 1. The van der Waals surface area contributed by atoms with Gasteiger partial charge in [-0.2, -0.15) is 0 Å². The Labute approximate surface area is 174 Å². The SMILES string of the molecule is C=C1N(C(=O)/C(=C\C)NC/C(=C/C)N=C(c2ccccc2)C2CC2)CCC12CC2. The first-order valence-electron chi connectivity index (χ1n) is 10.8. The van der Waals surface area contributed by atoms with Crippen LogP contribution in [0.3, 0.4) is 0 Å². The molecule has 29 heavy (non-hydrogen) atoms. The lowest BCUT2D eigenvalue weighted by atomic mass is 10.0. The van der Waals surface area contributed by atoms with Crippen LogP contribution in [0.4, 0.5) is 0 Å². The number of amides is 1. The second kappa shape index (κ2) is 8.02. The van der Waals surface area contributed by atoms with E-state index in [4.69, 9.17) is 4.99 Å². The summed E-state index contributed by atoms with van der Waals surface area (Å²) < 4.78 is 0. The number of nitrogens with one attached hydrogen (secondary N) is 1. The summed E-state index contributed by atoms with van der Waals surface area (Å²) in [5.41, 5.74) is 5.18. The molecule has 1 aliphatic heterocycles. The molecule has 1 heterocycles. The third-order valence-electron chi connectivity index (χ3n) is 6.46. The van der Waals surface area contributed by atoms with Crippen molar-refractivity contribution in [3.63, 3.8) is 0 Å². The van der Waals surface area contributed by atoms with Crippen LogP contribution in [0, 0.1) is 11.3 Å². The molecule has 4 heteroatoms. The van der Waals surface area contributed by atoms with E-state index in [0.717, 1.165) is 30.1 Å². The van der Waals surface area contributed by atoms with Gasteiger partial charge in [0.1, 0.15) is 0 Å². The van der Waals surface area contributed by atoms with Gasteiger partial charge in [0.05, 0.1) is 23.7 Å². The number of likely N-dealkylation sites (tertiary alicyclic amines) is 1. The van der Waals surface area contributed by atoms with E-state index in [9.17, 15) is 4.79 Å². The second-order valence-corrected chi connectivity index (χ2v) is 8.41. The van der Waals surface area contributed by atoms with E-state index >= 15 is 0 Å². The molecular weight excluding hydrogens is 358 g/mol. The van der Waals surface area contributed by atoms with Crippen LogP contribution in [0.15, 0.2) is 71.1 Å². The summed E-state index contributed by atoms with van der Waals surface area (Å²) in [6.45, 7) is 9.45. The molecule has 0 atom stereocenters. The molecule has 1 amide bonds. The summed E-state index contributed by atoms with van der Waals surface area (Å²) in [6.07, 6.45) is 9.71. The molecule has 2 aliphatic carbocycles. The number of rotatable bonds is 7. The zero-order chi connectivity index (χ0) is 20.4. The molecule has 3 fully saturated rings. The average Bonchev–Trinajstić information content (AvgIpc) is 3.66. The number of hydrogen-bond acceptors (Lipinski definition) is 3. The summed E-state index contributed by atoms with van der Waals surface area (Å²) in [5, 5.41) is 3.33. The van der Waals surface area contributed by atoms with Gasteiger partial charge >= 0.3 is 0 Å². The predicted molar refractivity (Wildman–Crippen MR) is 118 cm³/mol. The first kappa shape index (κ1) is 19.7. The summed E-state index contributed by atoms with van der Waals surface area (Å²) >= 11 is 0. The number of carbonyl (C=O) groups excluding carboxylic acids is 1. The van der Waals surface area contributed by atoms with Crippen LogP contribution in [-0.2, 0) is 4.79 Å². The van der Waals surface area contributed by atoms with Crippen molar-refractivity contribution in [3.8, 4) is 0 Å². The van der Waals surface area contributed by atoms with Crippen molar-refractivity contribution in [1.29, 1.82) is 0 Å². The topological polar surface area (TPSA) is 44.7 Å². The van der Waals surface area contributed by atoms with Crippen molar-refractivity contribution >= 4 is 11.6 Å². The van der Waals surface area contributed by atoms with E-state index in [2.05, 4.69) is 36.2 Å². The van der Waals surface area contributed by atoms with Gasteiger partial charge in [0, 0.05) is 23.6 Å². The molecular formula is C25H31N3O. The molecule has 3 aliphatic rings. The molecule has 4 nitrogen and oxygen atoms in total. The predicted octanol–water partition coefficient (Wildman–Crippen LogP) is 4.81. The standard InChI is InChI=1S/C25H31N3O/c1-4-21(27-23(20-11-12-20)19-9-7-6-8-10-19)17-26-22(5-2)24(29)28-16-15-25(13-14-25)18(28)3/h4-10,20,26H,3,11-17H2,1-2H3/b21-4-,22-5+,27-23?. The third kappa shape index (κ3) is 4.07. The quantitative estimate of drug-likeness (QED) is 0.537. The van der Waals surface area contributed by atoms with Crippen LogP contribution < -0.4 is 5.32 Å². The highest BCUT2D eigenvalue weighted by Gasteiger charge is 2.52. The fourth-order valence-corrected chi connectivity index (χ4v) is 4.16. The zero-order valence-electron chi connectivity index (χ0n) is 17.6. The van der Waals surface area contributed by atoms with Gasteiger partial charge < -0.3 is 10.2 Å². The van der Waals surface area contributed by atoms with E-state index in [1.807, 2.05) is 37.0 Å². The van der Waals surface area contributed by atoms with Crippen LogP contribution in [0.5, 0.6) is 0 Å². The number of benzene rings is 1. The Morgan fingerprint density at radius 3 is 2.48 bits per heavy atom. The maximum Gasteiger partial charge on any atom is 0.273 e. The maximum atomic E-state index is 13.0. The van der Waals surface area contributed by atoms with E-state index < -0.39 is 0 Å². The normalized spacial score (nSPS) is 21.7. The monoisotopic (exact) mass is 389 g/mol. The molecule has 1 spiro atoms. The van der Waals surface area contributed by atoms with E-state index in [-0.39, 0.29) is 11.3 Å². The molecule has 1 aromatic carbocycles. The number of allylic oxidation sites excluding steroid dienone is 3. The van der Waals surface area contributed by atoms with Gasteiger partial charge in [-0.1, -0.05) is 49.1 Å². The minimum absolute atomic E-state index is 0.0335. The van der Waals surface area contributed by atoms with Gasteiger partial charge in [0.25, 0.3) is 5.91 Å². The minimum Gasteiger partial charge on any atom is -0.375 e. The Morgan fingerprint density at radius 1 is 1.21 bits per heavy atom. The number of nitrogens with zero attached hydrogens (tertiary/aromatic N) is 2. The first-order valence-corrected chi connectivity index (χ1v) is 10.8. The van der Waals surface area contributed by atoms with Crippen molar-refractivity contribution < 1.29 is 4.79 Å². The third-order valence-corrected chi connectivity index (χ3v) is 6.46. The van der Waals surface area contributed by atoms with Gasteiger partial charge in [0.2, 0.25) is 0 Å². The molecule has 2 saturated carbocycles. The van der Waals surface area contributed by atoms with Crippen molar-refractivity contribution in [3.05, 3.63) is 71.7 Å². The van der Waals surface area contributed by atoms with Gasteiger partial charge in [-0.3, -0.25) is 9.79 Å². The van der Waals surface area contributed by atoms with Gasteiger partial charge in [-0.15, -0.1) is 0 Å². The molecule has 0 bridgehead atoms. The highest BCUT2D eigenvalue weighted by Crippen LogP contribution is 2.58. The van der Waals surface area contributed by atoms with Crippen LogP contribution >= 0.6 is 0 Å².